The van der Waals surface area contributed by atoms with Crippen molar-refractivity contribution in [3.05, 3.63) is 0 Å². The zero-order valence-electron chi connectivity index (χ0n) is 48.0. The molecule has 1 saturated heterocycles. The summed E-state index contributed by atoms with van der Waals surface area (Å²) in [4.78, 5) is 12.9. The molecule has 430 valence electrons. The minimum absolute atomic E-state index is 0.104. The van der Waals surface area contributed by atoms with E-state index in [-0.39, 0.29) is 19.2 Å². The van der Waals surface area contributed by atoms with Gasteiger partial charge < -0.3 is 39.4 Å². The molecule has 0 spiro atoms. The standard InChI is InChI=1S/C63H124O9/c1-3-5-7-9-11-13-15-17-19-21-23-25-27-28-29-31-33-35-37-39-41-43-45-47-49-51-53-69-55-57(56-70-63-62(68)61(67)60(66)58(54-64)72-63)71-59(65)52-50-48-46-44-42-40-38-36-34-32-30-26-24-22-20-18-16-14-12-10-8-6-4-2/h57-58,60-64,66-68H,3-56H2,1-2H3. The Morgan fingerprint density at radius 3 is 0.986 bits per heavy atom. The number of hydrogen-bond acceptors (Lipinski definition) is 9. The van der Waals surface area contributed by atoms with E-state index in [4.69, 9.17) is 18.9 Å². The molecule has 6 unspecified atom stereocenters. The van der Waals surface area contributed by atoms with Gasteiger partial charge in [0, 0.05) is 13.0 Å². The molecule has 0 aromatic heterocycles. The average molecular weight is 1030 g/mol. The first-order valence-corrected chi connectivity index (χ1v) is 32.1. The van der Waals surface area contributed by atoms with Crippen molar-refractivity contribution in [1.29, 1.82) is 0 Å². The van der Waals surface area contributed by atoms with E-state index in [2.05, 4.69) is 13.8 Å². The third kappa shape index (κ3) is 44.3. The molecule has 1 fully saturated rings. The van der Waals surface area contributed by atoms with Crippen molar-refractivity contribution in [1.82, 2.24) is 0 Å². The number of carbonyl (C=O) groups is 1. The van der Waals surface area contributed by atoms with Crippen LogP contribution >= 0.6 is 0 Å². The fourth-order valence-electron chi connectivity index (χ4n) is 10.6. The van der Waals surface area contributed by atoms with E-state index < -0.39 is 43.4 Å². The number of esters is 1. The summed E-state index contributed by atoms with van der Waals surface area (Å²) in [6, 6.07) is 0. The maximum atomic E-state index is 12.9. The molecule has 1 rings (SSSR count). The van der Waals surface area contributed by atoms with Crippen molar-refractivity contribution in [2.24, 2.45) is 0 Å². The van der Waals surface area contributed by atoms with Gasteiger partial charge in [-0.15, -0.1) is 0 Å². The van der Waals surface area contributed by atoms with Crippen LogP contribution in [0.1, 0.15) is 335 Å². The van der Waals surface area contributed by atoms with Gasteiger partial charge in [0.2, 0.25) is 0 Å². The van der Waals surface area contributed by atoms with E-state index in [1.54, 1.807) is 0 Å². The molecule has 0 aromatic carbocycles. The highest BCUT2D eigenvalue weighted by atomic mass is 16.7. The van der Waals surface area contributed by atoms with Crippen molar-refractivity contribution >= 4 is 5.97 Å². The van der Waals surface area contributed by atoms with Gasteiger partial charge in [-0.1, -0.05) is 316 Å². The van der Waals surface area contributed by atoms with Crippen LogP contribution in [0.5, 0.6) is 0 Å². The van der Waals surface area contributed by atoms with Crippen LogP contribution in [0, 0.1) is 0 Å². The summed E-state index contributed by atoms with van der Waals surface area (Å²) >= 11 is 0. The van der Waals surface area contributed by atoms with Crippen LogP contribution in [0.15, 0.2) is 0 Å². The summed E-state index contributed by atoms with van der Waals surface area (Å²) in [6.45, 7) is 4.66. The normalized spacial score (nSPS) is 18.6. The van der Waals surface area contributed by atoms with Gasteiger partial charge in [0.15, 0.2) is 6.29 Å². The monoisotopic (exact) mass is 1020 g/mol. The Bertz CT molecular complexity index is 1080. The molecule has 0 amide bonds. The lowest BCUT2D eigenvalue weighted by Crippen LogP contribution is -2.59. The second-order valence-electron chi connectivity index (χ2n) is 22.6. The van der Waals surface area contributed by atoms with E-state index in [1.807, 2.05) is 0 Å². The van der Waals surface area contributed by atoms with Crippen molar-refractivity contribution in [3.63, 3.8) is 0 Å². The van der Waals surface area contributed by atoms with Crippen molar-refractivity contribution < 1.29 is 44.2 Å². The largest absolute Gasteiger partial charge is 0.457 e. The summed E-state index contributed by atoms with van der Waals surface area (Å²) in [5.74, 6) is -0.301. The van der Waals surface area contributed by atoms with Crippen molar-refractivity contribution in [3.8, 4) is 0 Å². The van der Waals surface area contributed by atoms with Crippen LogP contribution in [0.25, 0.3) is 0 Å². The molecule has 1 aliphatic rings. The highest BCUT2D eigenvalue weighted by Crippen LogP contribution is 2.23. The lowest BCUT2D eigenvalue weighted by Gasteiger charge is -2.39. The lowest BCUT2D eigenvalue weighted by molar-refractivity contribution is -0.305. The van der Waals surface area contributed by atoms with Crippen LogP contribution in [0.4, 0.5) is 0 Å². The minimum atomic E-state index is -1.53. The summed E-state index contributed by atoms with van der Waals surface area (Å²) < 4.78 is 23.0. The summed E-state index contributed by atoms with van der Waals surface area (Å²) in [6.07, 6.45) is 58.9. The molecule has 4 N–H and O–H groups in total. The average Bonchev–Trinajstić information content (AvgIpc) is 3.38. The van der Waals surface area contributed by atoms with Crippen molar-refractivity contribution in [2.45, 2.75) is 372 Å². The maximum Gasteiger partial charge on any atom is 0.306 e. The Hall–Kier alpha value is -0.810. The Morgan fingerprint density at radius 2 is 0.681 bits per heavy atom. The molecular weight excluding hydrogens is 901 g/mol. The molecule has 9 nitrogen and oxygen atoms in total. The minimum Gasteiger partial charge on any atom is -0.457 e. The first kappa shape index (κ1) is 69.2. The van der Waals surface area contributed by atoms with Gasteiger partial charge in [-0.05, 0) is 12.8 Å². The van der Waals surface area contributed by atoms with E-state index in [0.717, 1.165) is 32.1 Å². The second-order valence-corrected chi connectivity index (χ2v) is 22.6. The highest BCUT2D eigenvalue weighted by molar-refractivity contribution is 5.69. The molecule has 0 bridgehead atoms. The molecule has 1 heterocycles. The molecule has 0 saturated carbocycles. The van der Waals surface area contributed by atoms with Crippen LogP contribution < -0.4 is 0 Å². The van der Waals surface area contributed by atoms with E-state index >= 15 is 0 Å². The zero-order chi connectivity index (χ0) is 52.1. The fourth-order valence-corrected chi connectivity index (χ4v) is 10.6. The van der Waals surface area contributed by atoms with Crippen LogP contribution in [-0.4, -0.2) is 89.6 Å². The Kier molecular flexibility index (Phi) is 52.8. The van der Waals surface area contributed by atoms with E-state index in [1.165, 1.54) is 283 Å². The third-order valence-corrected chi connectivity index (χ3v) is 15.5. The van der Waals surface area contributed by atoms with Gasteiger partial charge in [0.05, 0.1) is 19.8 Å². The number of aliphatic hydroxyl groups excluding tert-OH is 4. The SMILES string of the molecule is CCCCCCCCCCCCCCCCCCCCCCCCCCCCOCC(COC1OC(CO)C(O)C(O)C1O)OC(=O)CCCCCCCCCCCCCCCCCCCCCCCCC. The molecular formula is C63H124O9. The molecule has 6 atom stereocenters. The van der Waals surface area contributed by atoms with E-state index in [9.17, 15) is 25.2 Å². The summed E-state index contributed by atoms with van der Waals surface area (Å²) in [5.41, 5.74) is 0. The topological polar surface area (TPSA) is 135 Å². The van der Waals surface area contributed by atoms with Gasteiger partial charge >= 0.3 is 5.97 Å². The number of rotatable bonds is 58. The number of aliphatic hydroxyl groups is 4. The van der Waals surface area contributed by atoms with Gasteiger partial charge in [-0.3, -0.25) is 4.79 Å². The van der Waals surface area contributed by atoms with Crippen molar-refractivity contribution in [2.75, 3.05) is 26.4 Å². The van der Waals surface area contributed by atoms with Gasteiger partial charge in [0.25, 0.3) is 0 Å². The smallest absolute Gasteiger partial charge is 0.306 e. The molecule has 0 aliphatic carbocycles. The van der Waals surface area contributed by atoms with Gasteiger partial charge in [-0.25, -0.2) is 0 Å². The van der Waals surface area contributed by atoms with E-state index in [0.29, 0.717) is 13.0 Å². The first-order valence-electron chi connectivity index (χ1n) is 32.1. The van der Waals surface area contributed by atoms with Crippen LogP contribution in [0.3, 0.4) is 0 Å². The number of ether oxygens (including phenoxy) is 4. The third-order valence-electron chi connectivity index (χ3n) is 15.5. The number of unbranched alkanes of at least 4 members (excludes halogenated alkanes) is 47. The second kappa shape index (κ2) is 55.0. The Labute approximate surface area is 446 Å². The zero-order valence-corrected chi connectivity index (χ0v) is 48.0. The van der Waals surface area contributed by atoms with Crippen LogP contribution in [0.2, 0.25) is 0 Å². The summed E-state index contributed by atoms with van der Waals surface area (Å²) in [7, 11) is 0. The number of hydrogen-bond donors (Lipinski definition) is 4. The molecule has 72 heavy (non-hydrogen) atoms. The van der Waals surface area contributed by atoms with Gasteiger partial charge in [-0.2, -0.15) is 0 Å². The predicted octanol–water partition coefficient (Wildman–Crippen LogP) is 17.3. The first-order chi connectivity index (χ1) is 35.4. The quantitative estimate of drug-likeness (QED) is 0.0347. The molecule has 1 aliphatic heterocycles. The molecule has 9 heteroatoms. The highest BCUT2D eigenvalue weighted by Gasteiger charge is 2.44. The molecule has 0 radical (unpaired) electrons. The Balaban J connectivity index is 2.08. The lowest BCUT2D eigenvalue weighted by atomic mass is 9.99. The van der Waals surface area contributed by atoms with Crippen LogP contribution in [-0.2, 0) is 23.7 Å². The maximum absolute atomic E-state index is 12.9. The molecule has 0 aromatic rings. The fraction of sp³-hybridized carbons (Fsp3) is 0.984. The Morgan fingerprint density at radius 1 is 0.389 bits per heavy atom. The predicted molar refractivity (Wildman–Crippen MR) is 303 cm³/mol. The number of carbonyl (C=O) groups excluding carboxylic acids is 1. The van der Waals surface area contributed by atoms with Gasteiger partial charge in [0.1, 0.15) is 30.5 Å². The summed E-state index contributed by atoms with van der Waals surface area (Å²) in [5, 5.41) is 40.4.